The molecule has 0 aliphatic rings. The first-order valence-corrected chi connectivity index (χ1v) is 5.01. The monoisotopic (exact) mass is 239 g/mol. The second-order valence-electron chi connectivity index (χ2n) is 3.48. The van der Waals surface area contributed by atoms with E-state index in [2.05, 4.69) is 4.98 Å². The smallest absolute Gasteiger partial charge is 0.325 e. The summed E-state index contributed by atoms with van der Waals surface area (Å²) in [5, 5.41) is 9.20. The fourth-order valence-electron chi connectivity index (χ4n) is 1.53. The molecule has 1 unspecified atom stereocenters. The molecule has 0 bridgehead atoms. The van der Waals surface area contributed by atoms with Crippen LogP contribution in [0.5, 0.6) is 0 Å². The molecule has 16 heavy (non-hydrogen) atoms. The van der Waals surface area contributed by atoms with E-state index >= 15 is 0 Å². The van der Waals surface area contributed by atoms with Crippen LogP contribution in [0.4, 0.5) is 0 Å². The first-order valence-electron chi connectivity index (χ1n) is 4.63. The maximum Gasteiger partial charge on any atom is 0.325 e. The van der Waals surface area contributed by atoms with Gasteiger partial charge in [-0.25, -0.2) is 4.98 Å². The van der Waals surface area contributed by atoms with Gasteiger partial charge in [0.25, 0.3) is 0 Å². The molecule has 2 aromatic rings. The molecular weight excluding hydrogens is 230 g/mol. The molecule has 1 atom stereocenters. The van der Waals surface area contributed by atoms with Crippen molar-refractivity contribution in [2.24, 2.45) is 5.73 Å². The van der Waals surface area contributed by atoms with Crippen LogP contribution in [0.2, 0.25) is 5.15 Å². The van der Waals surface area contributed by atoms with Crippen molar-refractivity contribution in [1.29, 1.82) is 0 Å². The van der Waals surface area contributed by atoms with Crippen LogP contribution >= 0.6 is 11.6 Å². The van der Waals surface area contributed by atoms with E-state index in [1.165, 1.54) is 0 Å². The van der Waals surface area contributed by atoms with Gasteiger partial charge in [0.2, 0.25) is 0 Å². The van der Waals surface area contributed by atoms with Crippen molar-refractivity contribution in [2.45, 2.75) is 13.0 Å². The van der Waals surface area contributed by atoms with E-state index in [1.54, 1.807) is 29.7 Å². The van der Waals surface area contributed by atoms with Crippen LogP contribution in [0, 0.1) is 6.92 Å². The van der Waals surface area contributed by atoms with Gasteiger partial charge in [0, 0.05) is 6.20 Å². The summed E-state index contributed by atoms with van der Waals surface area (Å²) in [6.07, 6.45) is 1.64. The molecule has 0 radical (unpaired) electrons. The van der Waals surface area contributed by atoms with E-state index in [4.69, 9.17) is 22.4 Å². The Morgan fingerprint density at radius 1 is 1.62 bits per heavy atom. The molecule has 6 heteroatoms. The molecule has 2 heterocycles. The van der Waals surface area contributed by atoms with Gasteiger partial charge in [-0.3, -0.25) is 4.79 Å². The quantitative estimate of drug-likeness (QED) is 0.830. The number of aromatic nitrogens is 2. The van der Waals surface area contributed by atoms with E-state index < -0.39 is 12.0 Å². The van der Waals surface area contributed by atoms with Crippen molar-refractivity contribution in [3.05, 3.63) is 34.9 Å². The van der Waals surface area contributed by atoms with Gasteiger partial charge < -0.3 is 15.2 Å². The number of carboxylic acid groups (broad SMARTS) is 1. The molecule has 0 amide bonds. The third-order valence-corrected chi connectivity index (χ3v) is 2.69. The minimum Gasteiger partial charge on any atom is -0.480 e. The van der Waals surface area contributed by atoms with E-state index in [0.29, 0.717) is 16.5 Å². The number of carboxylic acids is 1. The number of nitrogens with zero attached hydrogens (tertiary/aromatic N) is 2. The fourth-order valence-corrected chi connectivity index (χ4v) is 1.81. The van der Waals surface area contributed by atoms with Gasteiger partial charge in [0.15, 0.2) is 5.15 Å². The molecule has 0 aromatic carbocycles. The normalized spacial score (nSPS) is 12.9. The molecule has 2 rings (SSSR count). The van der Waals surface area contributed by atoms with Gasteiger partial charge in [-0.1, -0.05) is 17.7 Å². The summed E-state index contributed by atoms with van der Waals surface area (Å²) < 4.78 is 1.72. The van der Waals surface area contributed by atoms with Crippen molar-refractivity contribution in [1.82, 2.24) is 9.38 Å². The molecule has 0 fully saturated rings. The number of fused-ring (bicyclic) bond motifs is 1. The van der Waals surface area contributed by atoms with Gasteiger partial charge in [0.1, 0.15) is 11.9 Å². The third kappa shape index (κ3) is 1.64. The second kappa shape index (κ2) is 3.77. The highest BCUT2D eigenvalue weighted by Crippen LogP contribution is 2.20. The van der Waals surface area contributed by atoms with Crippen LogP contribution in [-0.2, 0) is 4.79 Å². The molecule has 84 valence electrons. The molecule has 2 aromatic heterocycles. The van der Waals surface area contributed by atoms with Crippen LogP contribution in [0.3, 0.4) is 0 Å². The van der Waals surface area contributed by atoms with Crippen LogP contribution in [0.1, 0.15) is 17.4 Å². The molecule has 3 N–H and O–H groups in total. The summed E-state index contributed by atoms with van der Waals surface area (Å²) in [4.78, 5) is 14.8. The van der Waals surface area contributed by atoms with Gasteiger partial charge >= 0.3 is 5.97 Å². The first kappa shape index (κ1) is 10.9. The average molecular weight is 240 g/mol. The predicted molar refractivity (Wildman–Crippen MR) is 59.5 cm³/mol. The molecule has 0 spiro atoms. The highest BCUT2D eigenvalue weighted by Gasteiger charge is 2.16. The zero-order valence-electron chi connectivity index (χ0n) is 8.51. The van der Waals surface area contributed by atoms with Crippen LogP contribution in [0.25, 0.3) is 5.52 Å². The summed E-state index contributed by atoms with van der Waals surface area (Å²) in [6, 6.07) is 2.31. The number of halogens is 1. The number of rotatable bonds is 2. The second-order valence-corrected chi connectivity index (χ2v) is 3.84. The number of imidazole rings is 1. The van der Waals surface area contributed by atoms with Gasteiger partial charge in [-0.2, -0.15) is 0 Å². The maximum absolute atomic E-state index is 10.7. The highest BCUT2D eigenvalue weighted by atomic mass is 35.5. The fraction of sp³-hybridized carbons (Fsp3) is 0.200. The Hall–Kier alpha value is -1.59. The number of hydrogen-bond donors (Lipinski definition) is 2. The Bertz CT molecular complexity index is 564. The largest absolute Gasteiger partial charge is 0.480 e. The van der Waals surface area contributed by atoms with Crippen LogP contribution < -0.4 is 5.73 Å². The van der Waals surface area contributed by atoms with Crippen molar-refractivity contribution in [3.8, 4) is 0 Å². The Balaban J connectivity index is 2.60. The Labute approximate surface area is 96.5 Å². The summed E-state index contributed by atoms with van der Waals surface area (Å²) in [6.45, 7) is 1.79. The summed E-state index contributed by atoms with van der Waals surface area (Å²) >= 11 is 5.89. The topological polar surface area (TPSA) is 80.6 Å². The lowest BCUT2D eigenvalue weighted by Crippen LogP contribution is -2.20. The number of hydrogen-bond acceptors (Lipinski definition) is 3. The first-order chi connectivity index (χ1) is 7.50. The summed E-state index contributed by atoms with van der Waals surface area (Å²) in [7, 11) is 0. The lowest BCUT2D eigenvalue weighted by atomic mass is 10.1. The van der Waals surface area contributed by atoms with E-state index in [1.807, 2.05) is 0 Å². The average Bonchev–Trinajstić information content (AvgIpc) is 2.53. The SMILES string of the molecule is Cc1nc(Cl)c2ccc(C(N)C(=O)O)cn12. The van der Waals surface area contributed by atoms with E-state index in [-0.39, 0.29) is 0 Å². The number of nitrogens with two attached hydrogens (primary N) is 1. The Morgan fingerprint density at radius 2 is 2.31 bits per heavy atom. The van der Waals surface area contributed by atoms with Crippen LogP contribution in [0.15, 0.2) is 18.3 Å². The molecular formula is C10H10ClN3O2. The summed E-state index contributed by atoms with van der Waals surface area (Å²) in [5.74, 6) is -0.373. The Kier molecular flexibility index (Phi) is 2.57. The van der Waals surface area contributed by atoms with Crippen LogP contribution in [-0.4, -0.2) is 20.5 Å². The molecule has 0 aliphatic carbocycles. The standard InChI is InChI=1S/C10H10ClN3O2/c1-5-13-9(11)7-3-2-6(4-14(5)7)8(12)10(15)16/h2-4,8H,12H2,1H3,(H,15,16). The third-order valence-electron chi connectivity index (χ3n) is 2.42. The van der Waals surface area contributed by atoms with Crippen molar-refractivity contribution < 1.29 is 9.90 Å². The number of aryl methyl sites for hydroxylation is 1. The molecule has 5 nitrogen and oxygen atoms in total. The number of aliphatic carboxylic acids is 1. The Morgan fingerprint density at radius 3 is 2.94 bits per heavy atom. The number of pyridine rings is 1. The van der Waals surface area contributed by atoms with Crippen molar-refractivity contribution in [3.63, 3.8) is 0 Å². The zero-order valence-corrected chi connectivity index (χ0v) is 9.27. The molecule has 0 aliphatic heterocycles. The van der Waals surface area contributed by atoms with E-state index in [0.717, 1.165) is 5.52 Å². The zero-order chi connectivity index (χ0) is 11.9. The lowest BCUT2D eigenvalue weighted by molar-refractivity contribution is -0.138. The van der Waals surface area contributed by atoms with Gasteiger partial charge in [0.05, 0.1) is 5.52 Å². The highest BCUT2D eigenvalue weighted by molar-refractivity contribution is 6.32. The number of carbonyl (C=O) groups is 1. The van der Waals surface area contributed by atoms with Gasteiger partial charge in [-0.15, -0.1) is 0 Å². The van der Waals surface area contributed by atoms with Crippen molar-refractivity contribution >= 4 is 23.1 Å². The summed E-state index contributed by atoms with van der Waals surface area (Å²) in [5.41, 5.74) is 6.77. The molecule has 0 saturated heterocycles. The minimum atomic E-state index is -1.07. The van der Waals surface area contributed by atoms with Gasteiger partial charge in [-0.05, 0) is 18.6 Å². The predicted octanol–water partition coefficient (Wildman–Crippen LogP) is 1.38. The van der Waals surface area contributed by atoms with E-state index in [9.17, 15) is 4.79 Å². The van der Waals surface area contributed by atoms with Crippen molar-refractivity contribution in [2.75, 3.05) is 0 Å². The molecule has 0 saturated carbocycles. The maximum atomic E-state index is 10.7. The lowest BCUT2D eigenvalue weighted by Gasteiger charge is -2.07. The minimum absolute atomic E-state index is 0.396.